The van der Waals surface area contributed by atoms with Crippen LogP contribution in [0.2, 0.25) is 0 Å². The van der Waals surface area contributed by atoms with Gasteiger partial charge in [-0.25, -0.2) is 0 Å². The Morgan fingerprint density at radius 2 is 0.750 bits per heavy atom. The zero-order valence-corrected chi connectivity index (χ0v) is 66.7. The second-order valence-corrected chi connectivity index (χ2v) is 29.1. The number of aryl methyl sites for hydroxylation is 1. The van der Waals surface area contributed by atoms with E-state index in [9.17, 15) is 44.4 Å². The number of carboxylic acids is 4. The van der Waals surface area contributed by atoms with E-state index in [1.807, 2.05) is 265 Å². The predicted molar refractivity (Wildman–Crippen MR) is 435 cm³/mol. The van der Waals surface area contributed by atoms with E-state index >= 15 is 0 Å². The van der Waals surface area contributed by atoms with Crippen LogP contribution in [-0.2, 0) is 30.4 Å². The minimum atomic E-state index is -0.852. The molecule has 0 bridgehead atoms. The predicted octanol–water partition coefficient (Wildman–Crippen LogP) is 15.2. The number of methoxy groups -OCH3 is 3. The number of amides is 1. The number of likely N-dealkylation sites (tertiary alicyclic amines) is 4. The number of unbranched alkanes of at least 4 members (excludes halogenated alkanes) is 2. The van der Waals surface area contributed by atoms with Gasteiger partial charge >= 0.3 is 23.9 Å². The molecule has 4 saturated heterocycles. The molecule has 21 heteroatoms. The minimum Gasteiger partial charge on any atom is -0.497 e. The average molecular weight is 1530 g/mol. The lowest BCUT2D eigenvalue weighted by molar-refractivity contribution is -0.144. The molecular weight excluding hydrogens is 1420 g/mol. The largest absolute Gasteiger partial charge is 0.497 e. The van der Waals surface area contributed by atoms with E-state index in [4.69, 9.17) is 33.2 Å². The van der Waals surface area contributed by atoms with Crippen LogP contribution >= 0.6 is 0 Å². The lowest BCUT2D eigenvalue weighted by Gasteiger charge is -2.30. The zero-order chi connectivity index (χ0) is 80.6. The molecule has 8 aromatic carbocycles. The number of aliphatic carboxylic acids is 4. The summed E-state index contributed by atoms with van der Waals surface area (Å²) >= 11 is 0. The summed E-state index contributed by atoms with van der Waals surface area (Å²) in [5, 5.41) is 38.7. The molecule has 14 rings (SSSR count). The van der Waals surface area contributed by atoms with Gasteiger partial charge in [0.2, 0.25) is 19.5 Å². The molecule has 12 atom stereocenters. The van der Waals surface area contributed by atoms with Crippen LogP contribution in [0.5, 0.6) is 40.2 Å². The monoisotopic (exact) mass is 1530 g/mol. The molecule has 6 heterocycles. The molecule has 112 heavy (non-hydrogen) atoms. The number of hydrogen-bond donors (Lipinski definition) is 4. The number of carboxylic acid groups (broad SMARTS) is 4. The van der Waals surface area contributed by atoms with Gasteiger partial charge in [-0.15, -0.1) is 0 Å². The molecule has 6 aliphatic heterocycles. The average Bonchev–Trinajstić information content (AvgIpc) is 1.61. The number of likely N-dealkylation sites (N-methyl/N-ethyl adjacent to an activating group) is 3. The van der Waals surface area contributed by atoms with Gasteiger partial charge in [0.25, 0.3) is 0 Å². The summed E-state index contributed by atoms with van der Waals surface area (Å²) in [6, 6.07) is 70.5. The fourth-order valence-electron chi connectivity index (χ4n) is 15.5. The van der Waals surface area contributed by atoms with Crippen molar-refractivity contribution in [3.05, 3.63) is 246 Å². The lowest BCUT2D eigenvalue weighted by Crippen LogP contribution is -2.44. The molecule has 1 amide bonds. The fourth-order valence-corrected chi connectivity index (χ4v) is 15.5. The number of nitrogens with zero attached hydrogens (tertiary/aromatic N) is 5. The van der Waals surface area contributed by atoms with Gasteiger partial charge in [-0.2, -0.15) is 0 Å². The molecule has 0 spiro atoms. The topological polar surface area (TPSA) is 247 Å². The van der Waals surface area contributed by atoms with E-state index in [1.165, 1.54) is 0 Å². The van der Waals surface area contributed by atoms with Crippen molar-refractivity contribution < 1.29 is 77.6 Å². The number of fused-ring (bicyclic) bond motifs is 2. The van der Waals surface area contributed by atoms with Crippen molar-refractivity contribution in [3.63, 3.8) is 0 Å². The first kappa shape index (κ1) is 87.1. The summed E-state index contributed by atoms with van der Waals surface area (Å²) in [6.45, 7) is 15.0. The van der Waals surface area contributed by atoms with Crippen LogP contribution in [0, 0.1) is 23.7 Å². The molecule has 0 saturated carbocycles. The van der Waals surface area contributed by atoms with E-state index < -0.39 is 29.8 Å². The highest BCUT2D eigenvalue weighted by Gasteiger charge is 2.49. The Hall–Kier alpha value is -10.5. The van der Waals surface area contributed by atoms with E-state index in [0.717, 1.165) is 109 Å². The van der Waals surface area contributed by atoms with E-state index in [2.05, 4.69) is 33.4 Å². The van der Waals surface area contributed by atoms with Crippen molar-refractivity contribution in [2.45, 2.75) is 121 Å². The summed E-state index contributed by atoms with van der Waals surface area (Å²) in [5.41, 5.74) is 5.09. The van der Waals surface area contributed by atoms with Gasteiger partial charge in [0, 0.05) is 87.1 Å². The number of ether oxygens (including phenoxy) is 7. The molecule has 0 aliphatic carbocycles. The van der Waals surface area contributed by atoms with E-state index in [-0.39, 0.29) is 91.6 Å². The molecule has 4 N–H and O–H groups in total. The van der Waals surface area contributed by atoms with Crippen molar-refractivity contribution in [2.75, 3.05) is 102 Å². The molecule has 0 unspecified atom stereocenters. The van der Waals surface area contributed by atoms with Crippen LogP contribution < -0.4 is 33.2 Å². The summed E-state index contributed by atoms with van der Waals surface area (Å²) in [7, 11) is 10.8. The Balaban J connectivity index is 0.000000183. The summed E-state index contributed by atoms with van der Waals surface area (Å²) in [6.07, 6.45) is 5.14. The number of rotatable bonds is 22. The minimum absolute atomic E-state index is 0.0495. The first-order valence-electron chi connectivity index (χ1n) is 38.9. The van der Waals surface area contributed by atoms with Crippen LogP contribution in [0.3, 0.4) is 0 Å². The van der Waals surface area contributed by atoms with Gasteiger partial charge < -0.3 is 73.2 Å². The molecule has 4 fully saturated rings. The van der Waals surface area contributed by atoms with Crippen LogP contribution in [-0.4, -0.2) is 201 Å². The highest BCUT2D eigenvalue weighted by atomic mass is 16.7. The molecular formula is C91H115N5O16. The first-order chi connectivity index (χ1) is 54.1. The Labute approximate surface area is 661 Å². The van der Waals surface area contributed by atoms with Gasteiger partial charge in [0.15, 0.2) is 23.0 Å². The molecule has 6 aliphatic rings. The summed E-state index contributed by atoms with van der Waals surface area (Å²) in [5.74, 6) is 0.355. The van der Waals surface area contributed by atoms with Gasteiger partial charge in [-0.05, 0) is 150 Å². The van der Waals surface area contributed by atoms with Crippen molar-refractivity contribution in [1.82, 2.24) is 24.5 Å². The maximum atomic E-state index is 13.6. The third-order valence-electron chi connectivity index (χ3n) is 22.2. The molecule has 0 aromatic heterocycles. The van der Waals surface area contributed by atoms with Crippen molar-refractivity contribution in [1.29, 1.82) is 0 Å². The number of para-hydroxylation sites is 1. The lowest BCUT2D eigenvalue weighted by atomic mass is 9.83. The van der Waals surface area contributed by atoms with Crippen LogP contribution in [0.15, 0.2) is 218 Å². The van der Waals surface area contributed by atoms with Gasteiger partial charge in [0.1, 0.15) is 17.2 Å². The second kappa shape index (κ2) is 44.6. The number of carbonyl (C=O) groups excluding carboxylic acids is 1. The van der Waals surface area contributed by atoms with Gasteiger partial charge in [-0.1, -0.05) is 190 Å². The van der Waals surface area contributed by atoms with E-state index in [1.54, 1.807) is 21.3 Å². The maximum Gasteiger partial charge on any atom is 0.308 e. The fraction of sp³-hybridized carbons (Fsp3) is 0.418. The highest BCUT2D eigenvalue weighted by molar-refractivity contribution is 5.79. The third kappa shape index (κ3) is 24.3. The van der Waals surface area contributed by atoms with Crippen LogP contribution in [0.25, 0.3) is 0 Å². The highest BCUT2D eigenvalue weighted by Crippen LogP contribution is 2.45. The number of hydrogen-bond acceptors (Lipinski definition) is 16. The smallest absolute Gasteiger partial charge is 0.308 e. The molecule has 0 radical (unpaired) electrons. The summed E-state index contributed by atoms with van der Waals surface area (Å²) in [4.78, 5) is 71.1. The normalized spacial score (nSPS) is 22.5. The molecule has 8 aromatic rings. The number of benzene rings is 8. The Kier molecular flexibility index (Phi) is 34.7. The Morgan fingerprint density at radius 1 is 0.411 bits per heavy atom. The summed E-state index contributed by atoms with van der Waals surface area (Å²) < 4.78 is 37.7. The van der Waals surface area contributed by atoms with E-state index in [0.29, 0.717) is 36.6 Å². The van der Waals surface area contributed by atoms with Crippen molar-refractivity contribution >= 4 is 29.8 Å². The second-order valence-electron chi connectivity index (χ2n) is 29.1. The zero-order valence-electron chi connectivity index (χ0n) is 66.7. The van der Waals surface area contributed by atoms with Gasteiger partial charge in [0.05, 0.1) is 51.5 Å². The Bertz CT molecular complexity index is 3760. The van der Waals surface area contributed by atoms with Crippen LogP contribution in [0.4, 0.5) is 0 Å². The van der Waals surface area contributed by atoms with Gasteiger partial charge in [-0.3, -0.25) is 28.9 Å². The van der Waals surface area contributed by atoms with Crippen molar-refractivity contribution in [3.8, 4) is 40.2 Å². The first-order valence-corrected chi connectivity index (χ1v) is 38.9. The molecule has 21 nitrogen and oxygen atoms in total. The SMILES string of the molecule is CCCCN(CCCC)C(=O)CN1C[C@H](c2ccc3c(c2)OCO3)[C@@H](C(=O)O)[C@@H]1CCc1cccc2c1OCO2.COc1ccc([C@H]2CN(C)[C@@H](C)[C@@H]2C(=O)O)cc1.COc1ccc([C@H]2CN(C)[C@@H](C)[C@@H]2C(=O)O)cc1.COc1ccc([C@H]2CN(C)[C@@H](C)[C@@H]2C(=O)O)cc1.c1ccccc1.c1ccccc1.c1ccccc1. The number of carbonyl (C=O) groups is 5. The maximum absolute atomic E-state index is 13.6. The van der Waals surface area contributed by atoms with Crippen molar-refractivity contribution in [2.24, 2.45) is 23.7 Å². The van der Waals surface area contributed by atoms with Crippen LogP contribution in [0.1, 0.15) is 118 Å². The quantitative estimate of drug-likeness (QED) is 0.0492. The standard InChI is InChI=1S/C31H40N2O7.3C14H19NO3.3C6H6/c1-3-5-14-32(15-6-4-2)28(34)18-33-17-23(22-11-13-25-27(16-22)39-19-37-25)29(31(35)36)24(33)12-10-21-8-7-9-26-30(21)40-20-38-26;3*1-9-13(14(16)17)12(8-15(9)2)10-4-6-11(18-3)7-5-10;3*1-2-4-6-5-3-1/h7-9,11,13,16,23-24,29H,3-6,10,12,14-15,17-20H2,1-2H3,(H,35,36);3*4-7,9,12-13H,8H2,1-3H3,(H,16,17);3*1-6H/t23-,24+,29-;3*9-,12+,13-;;;/m1000.../s1. The third-order valence-corrected chi connectivity index (χ3v) is 22.2. The Morgan fingerprint density at radius 3 is 1.11 bits per heavy atom. The molecule has 600 valence electrons.